The van der Waals surface area contributed by atoms with Crippen LogP contribution in [0.2, 0.25) is 5.02 Å². The number of nitrogens with one attached hydrogen (secondary N) is 1. The average Bonchev–Trinajstić information content (AvgIpc) is 2.69. The van der Waals surface area contributed by atoms with E-state index in [0.717, 1.165) is 16.9 Å². The zero-order valence-electron chi connectivity index (χ0n) is 11.1. The minimum absolute atomic E-state index is 0.0549. The molecule has 0 saturated heterocycles. The van der Waals surface area contributed by atoms with E-state index < -0.39 is 0 Å². The highest BCUT2D eigenvalue weighted by molar-refractivity contribution is 6.30. The van der Waals surface area contributed by atoms with Crippen molar-refractivity contribution in [2.24, 2.45) is 7.05 Å². The topological polar surface area (TPSA) is 53.6 Å². The summed E-state index contributed by atoms with van der Waals surface area (Å²) >= 11 is 5.97. The third-order valence-corrected chi connectivity index (χ3v) is 3.23. The second kappa shape index (κ2) is 5.33. The molecular weight excluding hydrogens is 260 g/mol. The first kappa shape index (κ1) is 13.4. The molecule has 19 heavy (non-hydrogen) atoms. The van der Waals surface area contributed by atoms with E-state index in [0.29, 0.717) is 10.6 Å². The lowest BCUT2D eigenvalue weighted by Crippen LogP contribution is -2.08. The number of nitrogens with zero attached hydrogens (tertiary/aromatic N) is 3. The van der Waals surface area contributed by atoms with Gasteiger partial charge in [0.05, 0.1) is 23.0 Å². The first-order chi connectivity index (χ1) is 9.01. The predicted octanol–water partition coefficient (Wildman–Crippen LogP) is 3.43. The largest absolute Gasteiger partial charge is 0.377 e. The summed E-state index contributed by atoms with van der Waals surface area (Å²) in [4.78, 5) is 0. The summed E-state index contributed by atoms with van der Waals surface area (Å²) < 4.78 is 1.78. The fraction of sp³-hybridized carbons (Fsp3) is 0.286. The van der Waals surface area contributed by atoms with E-state index in [2.05, 4.69) is 16.5 Å². The maximum Gasteiger partial charge on any atom is 0.101 e. The Bertz CT molecular complexity index is 639. The molecule has 1 N–H and O–H groups in total. The fourth-order valence-electron chi connectivity index (χ4n) is 2.09. The Morgan fingerprint density at radius 1 is 1.47 bits per heavy atom. The van der Waals surface area contributed by atoms with Gasteiger partial charge in [-0.1, -0.05) is 11.6 Å². The van der Waals surface area contributed by atoms with Gasteiger partial charge in [0.1, 0.15) is 6.07 Å². The molecule has 1 aromatic heterocycles. The van der Waals surface area contributed by atoms with E-state index in [-0.39, 0.29) is 6.04 Å². The van der Waals surface area contributed by atoms with Crippen molar-refractivity contribution in [3.05, 3.63) is 46.2 Å². The van der Waals surface area contributed by atoms with Gasteiger partial charge in [0.2, 0.25) is 0 Å². The Morgan fingerprint density at radius 3 is 2.79 bits per heavy atom. The van der Waals surface area contributed by atoms with Gasteiger partial charge in [0, 0.05) is 23.8 Å². The van der Waals surface area contributed by atoms with Crippen LogP contribution in [-0.2, 0) is 7.05 Å². The van der Waals surface area contributed by atoms with Gasteiger partial charge in [-0.25, -0.2) is 0 Å². The van der Waals surface area contributed by atoms with Crippen molar-refractivity contribution in [2.75, 3.05) is 5.32 Å². The number of benzene rings is 1. The van der Waals surface area contributed by atoms with Gasteiger partial charge in [-0.3, -0.25) is 4.68 Å². The number of anilines is 1. The van der Waals surface area contributed by atoms with Gasteiger partial charge in [-0.05, 0) is 32.0 Å². The summed E-state index contributed by atoms with van der Waals surface area (Å²) in [5.41, 5.74) is 3.40. The fourth-order valence-corrected chi connectivity index (χ4v) is 2.26. The normalized spacial score (nSPS) is 11.9. The molecule has 0 saturated carbocycles. The summed E-state index contributed by atoms with van der Waals surface area (Å²) in [5, 5.41) is 17.3. The third-order valence-electron chi connectivity index (χ3n) is 2.99. The number of hydrogen-bond donors (Lipinski definition) is 1. The van der Waals surface area contributed by atoms with Gasteiger partial charge < -0.3 is 5.32 Å². The van der Waals surface area contributed by atoms with Crippen molar-refractivity contribution in [2.45, 2.75) is 19.9 Å². The molecule has 98 valence electrons. The van der Waals surface area contributed by atoms with E-state index in [1.54, 1.807) is 22.9 Å². The molecule has 4 nitrogen and oxygen atoms in total. The zero-order chi connectivity index (χ0) is 14.0. The molecule has 5 heteroatoms. The smallest absolute Gasteiger partial charge is 0.101 e. The molecule has 1 atom stereocenters. The molecule has 1 unspecified atom stereocenters. The van der Waals surface area contributed by atoms with E-state index >= 15 is 0 Å². The molecular formula is C14H15ClN4. The SMILES string of the molecule is Cc1nn(C)cc1C(C)Nc1cc(Cl)ccc1C#N. The number of aryl methyl sites for hydroxylation is 2. The highest BCUT2D eigenvalue weighted by Gasteiger charge is 2.13. The third kappa shape index (κ3) is 2.88. The summed E-state index contributed by atoms with van der Waals surface area (Å²) in [6, 6.07) is 7.41. The van der Waals surface area contributed by atoms with Crippen molar-refractivity contribution in [3.63, 3.8) is 0 Å². The second-order valence-electron chi connectivity index (χ2n) is 4.51. The van der Waals surface area contributed by atoms with E-state index in [1.165, 1.54) is 0 Å². The van der Waals surface area contributed by atoms with Crippen LogP contribution in [0.3, 0.4) is 0 Å². The van der Waals surface area contributed by atoms with Crippen LogP contribution in [0.25, 0.3) is 0 Å². The Labute approximate surface area is 117 Å². The number of halogens is 1. The van der Waals surface area contributed by atoms with Gasteiger partial charge in [-0.2, -0.15) is 10.4 Å². The van der Waals surface area contributed by atoms with Crippen molar-refractivity contribution in [1.29, 1.82) is 5.26 Å². The van der Waals surface area contributed by atoms with Gasteiger partial charge in [-0.15, -0.1) is 0 Å². The van der Waals surface area contributed by atoms with Crippen LogP contribution in [0.4, 0.5) is 5.69 Å². The number of rotatable bonds is 3. The quantitative estimate of drug-likeness (QED) is 0.933. The van der Waals surface area contributed by atoms with Gasteiger partial charge >= 0.3 is 0 Å². The molecule has 2 aromatic rings. The summed E-state index contributed by atoms with van der Waals surface area (Å²) in [5.74, 6) is 0. The lowest BCUT2D eigenvalue weighted by Gasteiger charge is -2.16. The molecule has 0 radical (unpaired) electrons. The van der Waals surface area contributed by atoms with Crippen LogP contribution in [0, 0.1) is 18.3 Å². The second-order valence-corrected chi connectivity index (χ2v) is 4.95. The molecule has 0 aliphatic carbocycles. The number of aromatic nitrogens is 2. The first-order valence-electron chi connectivity index (χ1n) is 5.97. The number of nitriles is 1. The molecule has 0 aliphatic heterocycles. The van der Waals surface area contributed by atoms with Crippen molar-refractivity contribution < 1.29 is 0 Å². The molecule has 0 aliphatic rings. The zero-order valence-corrected chi connectivity index (χ0v) is 11.9. The number of hydrogen-bond acceptors (Lipinski definition) is 3. The lowest BCUT2D eigenvalue weighted by atomic mass is 10.1. The molecule has 0 fully saturated rings. The predicted molar refractivity (Wildman–Crippen MR) is 76.1 cm³/mol. The van der Waals surface area contributed by atoms with Crippen molar-refractivity contribution >= 4 is 17.3 Å². The van der Waals surface area contributed by atoms with Crippen LogP contribution in [0.15, 0.2) is 24.4 Å². The molecule has 0 spiro atoms. The van der Waals surface area contributed by atoms with Crippen LogP contribution in [-0.4, -0.2) is 9.78 Å². The Morgan fingerprint density at radius 2 is 2.21 bits per heavy atom. The highest BCUT2D eigenvalue weighted by Crippen LogP contribution is 2.26. The summed E-state index contributed by atoms with van der Waals surface area (Å²) in [6.07, 6.45) is 1.98. The molecule has 1 aromatic carbocycles. The van der Waals surface area contributed by atoms with Crippen LogP contribution >= 0.6 is 11.6 Å². The van der Waals surface area contributed by atoms with Crippen LogP contribution in [0.1, 0.15) is 29.8 Å². The molecule has 0 amide bonds. The van der Waals surface area contributed by atoms with E-state index in [9.17, 15) is 0 Å². The van der Waals surface area contributed by atoms with Crippen LogP contribution < -0.4 is 5.32 Å². The summed E-state index contributed by atoms with van der Waals surface area (Å²) in [6.45, 7) is 4.00. The minimum atomic E-state index is 0.0549. The lowest BCUT2D eigenvalue weighted by molar-refractivity contribution is 0.756. The molecule has 0 bridgehead atoms. The van der Waals surface area contributed by atoms with Crippen LogP contribution in [0.5, 0.6) is 0 Å². The first-order valence-corrected chi connectivity index (χ1v) is 6.35. The monoisotopic (exact) mass is 274 g/mol. The maximum absolute atomic E-state index is 9.10. The molecule has 2 rings (SSSR count). The van der Waals surface area contributed by atoms with E-state index in [1.807, 2.05) is 27.1 Å². The molecule has 1 heterocycles. The maximum atomic E-state index is 9.10. The van der Waals surface area contributed by atoms with E-state index in [4.69, 9.17) is 16.9 Å². The highest BCUT2D eigenvalue weighted by atomic mass is 35.5. The minimum Gasteiger partial charge on any atom is -0.377 e. The standard InChI is InChI=1S/C14H15ClN4/c1-9(13-8-19(3)18-10(13)2)17-14-6-12(15)5-4-11(14)7-16/h4-6,8-9,17H,1-3H3. The van der Waals surface area contributed by atoms with Gasteiger partial charge in [0.25, 0.3) is 0 Å². The Balaban J connectivity index is 2.29. The Hall–Kier alpha value is -1.99. The average molecular weight is 275 g/mol. The van der Waals surface area contributed by atoms with Crippen molar-refractivity contribution in [1.82, 2.24) is 9.78 Å². The Kier molecular flexibility index (Phi) is 3.77. The van der Waals surface area contributed by atoms with Crippen molar-refractivity contribution in [3.8, 4) is 6.07 Å². The summed E-state index contributed by atoms with van der Waals surface area (Å²) in [7, 11) is 1.89. The van der Waals surface area contributed by atoms with Gasteiger partial charge in [0.15, 0.2) is 0 Å².